The minimum absolute atomic E-state index is 0.0450. The molecule has 1 saturated heterocycles. The van der Waals surface area contributed by atoms with Crippen molar-refractivity contribution in [1.82, 2.24) is 0 Å². The highest BCUT2D eigenvalue weighted by Crippen LogP contribution is 2.57. The number of amides is 2. The van der Waals surface area contributed by atoms with Gasteiger partial charge in [-0.3, -0.25) is 39.4 Å². The number of benzene rings is 3. The van der Waals surface area contributed by atoms with E-state index < -0.39 is 68.3 Å². The predicted molar refractivity (Wildman–Crippen MR) is 177 cm³/mol. The number of imide groups is 1. The van der Waals surface area contributed by atoms with Crippen LogP contribution in [0.3, 0.4) is 0 Å². The average molecular weight is 713 g/mol. The van der Waals surface area contributed by atoms with Gasteiger partial charge in [-0.1, -0.05) is 48.0 Å². The van der Waals surface area contributed by atoms with Gasteiger partial charge in [-0.15, -0.1) is 0 Å². The van der Waals surface area contributed by atoms with Gasteiger partial charge in [0.15, 0.2) is 17.3 Å². The summed E-state index contributed by atoms with van der Waals surface area (Å²) in [6, 6.07) is 12.6. The molecule has 0 radical (unpaired) electrons. The van der Waals surface area contributed by atoms with Gasteiger partial charge >= 0.3 is 11.4 Å². The van der Waals surface area contributed by atoms with E-state index in [1.807, 2.05) is 12.1 Å². The summed E-state index contributed by atoms with van der Waals surface area (Å²) in [7, 11) is 2.81. The lowest BCUT2D eigenvalue weighted by atomic mass is 9.59. The zero-order chi connectivity index (χ0) is 34.3. The van der Waals surface area contributed by atoms with Gasteiger partial charge in [0.05, 0.1) is 31.9 Å². The third-order valence-corrected chi connectivity index (χ3v) is 10.3. The second-order valence-corrected chi connectivity index (χ2v) is 13.2. The van der Waals surface area contributed by atoms with Crippen molar-refractivity contribution >= 4 is 72.8 Å². The van der Waals surface area contributed by atoms with Crippen molar-refractivity contribution in [2.24, 2.45) is 17.8 Å². The van der Waals surface area contributed by atoms with Crippen LogP contribution in [0.1, 0.15) is 24.3 Å². The van der Waals surface area contributed by atoms with E-state index >= 15 is 0 Å². The number of nitro groups is 2. The van der Waals surface area contributed by atoms with Crippen LogP contribution in [0, 0.1) is 38.0 Å². The van der Waals surface area contributed by atoms with Crippen LogP contribution in [-0.2, 0) is 19.2 Å². The van der Waals surface area contributed by atoms with Crippen LogP contribution in [0.4, 0.5) is 22.7 Å². The van der Waals surface area contributed by atoms with Crippen molar-refractivity contribution in [2.45, 2.75) is 18.8 Å². The van der Waals surface area contributed by atoms with E-state index in [0.717, 1.165) is 22.4 Å². The molecule has 0 aromatic heterocycles. The molecule has 14 heteroatoms. The van der Waals surface area contributed by atoms with Crippen molar-refractivity contribution in [3.63, 3.8) is 0 Å². The molecule has 1 fully saturated rings. The number of allylic oxidation sites excluding steroid dienone is 6. The smallest absolute Gasteiger partial charge is 0.301 e. The Morgan fingerprint density at radius 2 is 1.60 bits per heavy atom. The lowest BCUT2D eigenvalue weighted by Crippen LogP contribution is -2.39. The molecular weight excluding hydrogens is 688 g/mol. The number of Topliss-reactive ketones (excluding diaryl/α,β-unsaturated/α-hetero) is 1. The van der Waals surface area contributed by atoms with Crippen molar-refractivity contribution in [2.75, 3.05) is 23.9 Å². The first-order chi connectivity index (χ1) is 22.8. The normalized spacial score (nSPS) is 23.4. The summed E-state index contributed by atoms with van der Waals surface area (Å²) in [5.41, 5.74) is -0.596. The van der Waals surface area contributed by atoms with Gasteiger partial charge in [0, 0.05) is 60.3 Å². The first kappa shape index (κ1) is 31.1. The Hall–Kier alpha value is -5.50. The van der Waals surface area contributed by atoms with Crippen LogP contribution < -0.4 is 9.80 Å². The van der Waals surface area contributed by atoms with Crippen LogP contribution in [0.25, 0.3) is 10.8 Å². The Morgan fingerprint density at radius 1 is 0.938 bits per heavy atom. The highest BCUT2D eigenvalue weighted by Gasteiger charge is 2.57. The van der Waals surface area contributed by atoms with Crippen molar-refractivity contribution in [3.05, 3.63) is 108 Å². The fourth-order valence-electron chi connectivity index (χ4n) is 7.78. The molecule has 3 aromatic carbocycles. The summed E-state index contributed by atoms with van der Waals surface area (Å²) in [6.45, 7) is 0. The number of fused-ring (bicyclic) bond motifs is 4. The standard InChI is InChI=1S/C34H25BrN4O9/c1-36(2)30-24(38(45)46)11-16(12-25(30)39(47)48)37-33(43)20-10-9-18-21(28(20)34(37)44)13-22-29(26(40)14-23(35)32(22)42)27(18)19-8-7-15-5-3-4-6-17(15)31(19)41/h3-9,11-12,14,20-21,27-28,41H,10,13H2,1-2H3. The summed E-state index contributed by atoms with van der Waals surface area (Å²) >= 11 is 3.19. The molecule has 0 bridgehead atoms. The third-order valence-electron chi connectivity index (χ3n) is 9.73. The van der Waals surface area contributed by atoms with E-state index in [-0.39, 0.29) is 45.6 Å². The molecule has 3 aromatic rings. The number of phenolic OH excluding ortho intramolecular Hbond substituents is 1. The zero-order valence-electron chi connectivity index (χ0n) is 25.4. The van der Waals surface area contributed by atoms with E-state index in [2.05, 4.69) is 15.9 Å². The summed E-state index contributed by atoms with van der Waals surface area (Å²) in [5.74, 6) is -6.01. The van der Waals surface area contributed by atoms with Gasteiger partial charge in [-0.25, -0.2) is 4.90 Å². The Balaban J connectivity index is 1.38. The lowest BCUT2D eigenvalue weighted by Gasteiger charge is -2.42. The summed E-state index contributed by atoms with van der Waals surface area (Å²) in [6.07, 6.45) is 2.98. The van der Waals surface area contributed by atoms with Crippen LogP contribution in [-0.4, -0.2) is 52.4 Å². The molecule has 242 valence electrons. The number of hydrogen-bond acceptors (Lipinski definition) is 10. The minimum atomic E-state index is -1.05. The molecular formula is C34H25BrN4O9. The van der Waals surface area contributed by atoms with Crippen LogP contribution in [0.2, 0.25) is 0 Å². The largest absolute Gasteiger partial charge is 0.507 e. The number of carbonyl (C=O) groups is 4. The highest BCUT2D eigenvalue weighted by molar-refractivity contribution is 9.12. The number of nitro benzene ring substituents is 2. The van der Waals surface area contributed by atoms with E-state index in [1.54, 1.807) is 30.3 Å². The van der Waals surface area contributed by atoms with E-state index in [4.69, 9.17) is 0 Å². The predicted octanol–water partition coefficient (Wildman–Crippen LogP) is 5.39. The molecule has 1 aliphatic heterocycles. The lowest BCUT2D eigenvalue weighted by molar-refractivity contribution is -0.392. The second kappa shape index (κ2) is 11.0. The van der Waals surface area contributed by atoms with Crippen molar-refractivity contribution in [1.29, 1.82) is 0 Å². The molecule has 0 spiro atoms. The summed E-state index contributed by atoms with van der Waals surface area (Å²) in [4.78, 5) is 79.9. The zero-order valence-corrected chi connectivity index (χ0v) is 27.0. The molecule has 48 heavy (non-hydrogen) atoms. The van der Waals surface area contributed by atoms with Crippen LogP contribution in [0.5, 0.6) is 5.75 Å². The van der Waals surface area contributed by atoms with Crippen molar-refractivity contribution < 1.29 is 34.1 Å². The van der Waals surface area contributed by atoms with E-state index in [0.29, 0.717) is 16.5 Å². The highest BCUT2D eigenvalue weighted by atomic mass is 79.9. The van der Waals surface area contributed by atoms with Crippen LogP contribution in [0.15, 0.2) is 81.9 Å². The van der Waals surface area contributed by atoms with Gasteiger partial charge in [-0.05, 0) is 40.1 Å². The monoisotopic (exact) mass is 712 g/mol. The third kappa shape index (κ3) is 4.43. The number of aromatic hydroxyl groups is 1. The quantitative estimate of drug-likeness (QED) is 0.118. The first-order valence-corrected chi connectivity index (χ1v) is 15.7. The topological polar surface area (TPSA) is 181 Å². The molecule has 7 rings (SSSR count). The number of nitrogens with zero attached hydrogens (tertiary/aromatic N) is 4. The Morgan fingerprint density at radius 3 is 2.25 bits per heavy atom. The molecule has 4 atom stereocenters. The fraction of sp³-hybridized carbons (Fsp3) is 0.235. The molecule has 0 saturated carbocycles. The Kier molecular flexibility index (Phi) is 7.16. The van der Waals surface area contributed by atoms with E-state index in [1.165, 1.54) is 25.1 Å². The molecule has 13 nitrogen and oxygen atoms in total. The molecule has 4 unspecified atom stereocenters. The average Bonchev–Trinajstić information content (AvgIpc) is 3.31. The molecule has 1 N–H and O–H groups in total. The maximum absolute atomic E-state index is 14.3. The SMILES string of the molecule is CN(C)c1c([N+](=O)[O-])cc(N2C(=O)C3CC=C4C(c5ccc6ccccc6c5O)C5=C(CC4C3C2=O)C(=O)C(Br)=CC5=O)cc1[N+](=O)[O-]. The van der Waals surface area contributed by atoms with Gasteiger partial charge < -0.3 is 10.0 Å². The van der Waals surface area contributed by atoms with Gasteiger partial charge in [0.1, 0.15) is 5.75 Å². The number of phenols is 1. The molecule has 3 aliphatic carbocycles. The summed E-state index contributed by atoms with van der Waals surface area (Å²) in [5, 5.41) is 36.9. The maximum atomic E-state index is 14.3. The minimum Gasteiger partial charge on any atom is -0.507 e. The van der Waals surface area contributed by atoms with E-state index in [9.17, 15) is 44.5 Å². The van der Waals surface area contributed by atoms with Gasteiger partial charge in [0.2, 0.25) is 11.8 Å². The molecule has 2 amide bonds. The first-order valence-electron chi connectivity index (χ1n) is 14.9. The number of rotatable bonds is 5. The molecule has 4 aliphatic rings. The number of hydrogen-bond donors (Lipinski definition) is 1. The Labute approximate surface area is 280 Å². The Bertz CT molecular complexity index is 2130. The summed E-state index contributed by atoms with van der Waals surface area (Å²) < 4.78 is 0.0450. The van der Waals surface area contributed by atoms with Crippen LogP contribution >= 0.6 is 15.9 Å². The van der Waals surface area contributed by atoms with Gasteiger partial charge in [-0.2, -0.15) is 0 Å². The molecule has 1 heterocycles. The maximum Gasteiger partial charge on any atom is 0.301 e. The number of carbonyl (C=O) groups excluding carboxylic acids is 4. The van der Waals surface area contributed by atoms with Crippen molar-refractivity contribution in [3.8, 4) is 5.75 Å². The second-order valence-electron chi connectivity index (χ2n) is 12.4. The number of anilines is 2. The number of halogens is 1. The fourth-order valence-corrected chi connectivity index (χ4v) is 8.22. The number of ketones is 2. The van der Waals surface area contributed by atoms with Gasteiger partial charge in [0.25, 0.3) is 0 Å².